The molecule has 0 radical (unpaired) electrons. The molecule has 0 atom stereocenters. The van der Waals surface area contributed by atoms with Crippen LogP contribution in [0.4, 0.5) is 0 Å². The van der Waals surface area contributed by atoms with Crippen molar-refractivity contribution < 1.29 is 0 Å². The first-order valence-corrected chi connectivity index (χ1v) is 6.26. The molecule has 2 saturated heterocycles. The Morgan fingerprint density at radius 1 is 1.08 bits per heavy atom. The molecule has 0 aliphatic carbocycles. The van der Waals surface area contributed by atoms with Crippen LogP contribution in [-0.4, -0.2) is 41.4 Å². The lowest BCUT2D eigenvalue weighted by molar-refractivity contribution is 0.143. The van der Waals surface area contributed by atoms with E-state index < -0.39 is 0 Å². The van der Waals surface area contributed by atoms with Gasteiger partial charge in [0, 0.05) is 12.3 Å². The third-order valence-electron chi connectivity index (χ3n) is 2.63. The Hall–Kier alpha value is 0.230. The summed E-state index contributed by atoms with van der Waals surface area (Å²) in [5.74, 6) is 1.28. The van der Waals surface area contributed by atoms with Gasteiger partial charge in [-0.1, -0.05) is 18.4 Å². The number of hydrazine groups is 1. The zero-order chi connectivity index (χ0) is 8.93. The van der Waals surface area contributed by atoms with Crippen LogP contribution in [0.5, 0.6) is 0 Å². The molecule has 0 amide bonds. The molecule has 3 nitrogen and oxygen atoms in total. The monoisotopic (exact) mass is 201 g/mol. The van der Waals surface area contributed by atoms with E-state index in [0.29, 0.717) is 0 Å². The second-order valence-corrected chi connectivity index (χ2v) is 4.90. The lowest BCUT2D eigenvalue weighted by Gasteiger charge is -2.34. The number of hydrogen-bond acceptors (Lipinski definition) is 4. The third-order valence-corrected chi connectivity index (χ3v) is 3.66. The fraction of sp³-hybridized carbons (Fsp3) is 1.00. The molecule has 0 spiro atoms. The van der Waals surface area contributed by atoms with Gasteiger partial charge >= 0.3 is 0 Å². The van der Waals surface area contributed by atoms with Gasteiger partial charge in [0.25, 0.3) is 0 Å². The quantitative estimate of drug-likeness (QED) is 0.678. The summed E-state index contributed by atoms with van der Waals surface area (Å²) in [4.78, 5) is 2.55. The Kier molecular flexibility index (Phi) is 3.91. The van der Waals surface area contributed by atoms with E-state index in [4.69, 9.17) is 0 Å². The highest BCUT2D eigenvalue weighted by Gasteiger charge is 2.16. The number of hydrogen-bond donors (Lipinski definition) is 1. The minimum atomic E-state index is 1.10. The standard InChI is InChI=1S/C9H19N3S/c1-2-6-11(7-3-1)9-12-10-5-4-8-13-12/h10H,1-9H2. The minimum Gasteiger partial charge on any atom is -0.289 e. The SMILES string of the molecule is C1CCN(CN2NCCCS2)CC1. The maximum atomic E-state index is 3.42. The van der Waals surface area contributed by atoms with Crippen molar-refractivity contribution in [2.75, 3.05) is 32.1 Å². The highest BCUT2D eigenvalue weighted by molar-refractivity contribution is 7.96. The highest BCUT2D eigenvalue weighted by Crippen LogP contribution is 2.15. The molecule has 2 heterocycles. The van der Waals surface area contributed by atoms with Crippen LogP contribution in [-0.2, 0) is 0 Å². The second-order valence-electron chi connectivity index (χ2n) is 3.79. The molecule has 0 saturated carbocycles. The molecular weight excluding hydrogens is 182 g/mol. The summed E-state index contributed by atoms with van der Waals surface area (Å²) >= 11 is 1.94. The highest BCUT2D eigenvalue weighted by atomic mass is 32.2. The van der Waals surface area contributed by atoms with Crippen molar-refractivity contribution in [2.45, 2.75) is 25.7 Å². The van der Waals surface area contributed by atoms with E-state index in [1.54, 1.807) is 0 Å². The van der Waals surface area contributed by atoms with E-state index in [2.05, 4.69) is 14.7 Å². The fourth-order valence-corrected chi connectivity index (χ4v) is 2.79. The Labute approximate surface area is 84.9 Å². The van der Waals surface area contributed by atoms with Crippen LogP contribution in [0, 0.1) is 0 Å². The van der Waals surface area contributed by atoms with E-state index >= 15 is 0 Å². The van der Waals surface area contributed by atoms with Crippen LogP contribution in [0.25, 0.3) is 0 Å². The topological polar surface area (TPSA) is 18.5 Å². The average Bonchev–Trinajstić information content (AvgIpc) is 2.21. The van der Waals surface area contributed by atoms with Crippen molar-refractivity contribution in [3.05, 3.63) is 0 Å². The summed E-state index contributed by atoms with van der Waals surface area (Å²) in [5.41, 5.74) is 3.42. The predicted molar refractivity (Wildman–Crippen MR) is 57.2 cm³/mol. The zero-order valence-electron chi connectivity index (χ0n) is 8.17. The summed E-state index contributed by atoms with van der Waals surface area (Å²) in [7, 11) is 0. The summed E-state index contributed by atoms with van der Waals surface area (Å²) in [6.07, 6.45) is 5.51. The Bertz CT molecular complexity index is 126. The molecule has 0 aromatic carbocycles. The summed E-state index contributed by atoms with van der Waals surface area (Å²) in [5, 5.41) is 0. The van der Waals surface area contributed by atoms with E-state index in [0.717, 1.165) is 13.2 Å². The molecule has 2 rings (SSSR count). The number of nitrogens with one attached hydrogen (secondary N) is 1. The molecule has 0 unspecified atom stereocenters. The number of rotatable bonds is 2. The van der Waals surface area contributed by atoms with Crippen LogP contribution in [0.3, 0.4) is 0 Å². The summed E-state index contributed by atoms with van der Waals surface area (Å²) in [6, 6.07) is 0. The summed E-state index contributed by atoms with van der Waals surface area (Å²) in [6.45, 7) is 4.84. The van der Waals surface area contributed by atoms with Gasteiger partial charge in [0.05, 0.1) is 6.67 Å². The molecule has 0 bridgehead atoms. The van der Waals surface area contributed by atoms with Crippen LogP contribution < -0.4 is 5.43 Å². The van der Waals surface area contributed by atoms with E-state index in [9.17, 15) is 0 Å². The van der Waals surface area contributed by atoms with Gasteiger partial charge in [-0.15, -0.1) is 0 Å². The van der Waals surface area contributed by atoms with Crippen LogP contribution in [0.1, 0.15) is 25.7 Å². The Balaban J connectivity index is 1.69. The normalized spacial score (nSPS) is 27.7. The smallest absolute Gasteiger partial charge is 0.0761 e. The molecule has 0 aromatic rings. The number of piperidine rings is 1. The molecule has 76 valence electrons. The van der Waals surface area contributed by atoms with Crippen LogP contribution in [0.2, 0.25) is 0 Å². The predicted octanol–water partition coefficient (Wildman–Crippen LogP) is 1.29. The van der Waals surface area contributed by atoms with Gasteiger partial charge in [-0.3, -0.25) is 4.90 Å². The third kappa shape index (κ3) is 3.13. The van der Waals surface area contributed by atoms with Gasteiger partial charge in [0.1, 0.15) is 0 Å². The van der Waals surface area contributed by atoms with Crippen molar-refractivity contribution in [2.24, 2.45) is 0 Å². The first-order chi connectivity index (χ1) is 6.45. The Morgan fingerprint density at radius 3 is 2.62 bits per heavy atom. The maximum Gasteiger partial charge on any atom is 0.0761 e. The van der Waals surface area contributed by atoms with Crippen molar-refractivity contribution in [3.63, 3.8) is 0 Å². The van der Waals surface area contributed by atoms with Crippen molar-refractivity contribution in [1.82, 2.24) is 14.7 Å². The van der Waals surface area contributed by atoms with Gasteiger partial charge in [0.2, 0.25) is 0 Å². The number of nitrogens with zero attached hydrogens (tertiary/aromatic N) is 2. The van der Waals surface area contributed by atoms with E-state index in [-0.39, 0.29) is 0 Å². The lowest BCUT2D eigenvalue weighted by atomic mass is 10.1. The molecule has 4 heteroatoms. The van der Waals surface area contributed by atoms with Gasteiger partial charge in [-0.05, 0) is 32.4 Å². The van der Waals surface area contributed by atoms with E-state index in [1.807, 2.05) is 11.9 Å². The first-order valence-electron chi connectivity index (χ1n) is 5.31. The van der Waals surface area contributed by atoms with Crippen molar-refractivity contribution >= 4 is 11.9 Å². The largest absolute Gasteiger partial charge is 0.289 e. The molecule has 13 heavy (non-hydrogen) atoms. The van der Waals surface area contributed by atoms with Crippen molar-refractivity contribution in [1.29, 1.82) is 0 Å². The van der Waals surface area contributed by atoms with E-state index in [1.165, 1.54) is 44.5 Å². The molecule has 2 aliphatic heterocycles. The van der Waals surface area contributed by atoms with Crippen LogP contribution in [0.15, 0.2) is 0 Å². The van der Waals surface area contributed by atoms with Gasteiger partial charge in [-0.25, -0.2) is 5.43 Å². The fourth-order valence-electron chi connectivity index (χ4n) is 1.87. The lowest BCUT2D eigenvalue weighted by Crippen LogP contribution is -2.46. The zero-order valence-corrected chi connectivity index (χ0v) is 8.98. The molecular formula is C9H19N3S. The maximum absolute atomic E-state index is 3.42. The first kappa shape index (κ1) is 9.77. The number of likely N-dealkylation sites (tertiary alicyclic amines) is 1. The molecule has 1 N–H and O–H groups in total. The van der Waals surface area contributed by atoms with Gasteiger partial charge in [-0.2, -0.15) is 4.41 Å². The van der Waals surface area contributed by atoms with Gasteiger partial charge < -0.3 is 0 Å². The Morgan fingerprint density at radius 2 is 1.92 bits per heavy atom. The van der Waals surface area contributed by atoms with Crippen molar-refractivity contribution in [3.8, 4) is 0 Å². The molecule has 0 aromatic heterocycles. The molecule has 2 fully saturated rings. The van der Waals surface area contributed by atoms with Crippen LogP contribution >= 0.6 is 11.9 Å². The summed E-state index contributed by atoms with van der Waals surface area (Å²) < 4.78 is 2.30. The second kappa shape index (κ2) is 5.20. The molecule has 2 aliphatic rings. The average molecular weight is 201 g/mol. The van der Waals surface area contributed by atoms with Gasteiger partial charge in [0.15, 0.2) is 0 Å². The minimum absolute atomic E-state index is 1.10.